The van der Waals surface area contributed by atoms with E-state index < -0.39 is 5.97 Å². The summed E-state index contributed by atoms with van der Waals surface area (Å²) < 4.78 is 0. The van der Waals surface area contributed by atoms with Crippen LogP contribution in [0, 0.1) is 0 Å². The van der Waals surface area contributed by atoms with E-state index in [9.17, 15) is 4.79 Å². The number of rotatable bonds is 7. The Balaban J connectivity index is 3.55. The van der Waals surface area contributed by atoms with Gasteiger partial charge in [-0.2, -0.15) is 4.89 Å². The molecule has 3 heteroatoms. The Morgan fingerprint density at radius 1 is 1.06 bits per heavy atom. The maximum absolute atomic E-state index is 10.4. The van der Waals surface area contributed by atoms with Crippen LogP contribution < -0.4 is 0 Å². The fraction of sp³-hybridized carbons (Fsp3) is 0.615. The van der Waals surface area contributed by atoms with Crippen LogP contribution in [-0.4, -0.2) is 12.6 Å². The van der Waals surface area contributed by atoms with Crippen LogP contribution in [0.3, 0.4) is 0 Å². The highest BCUT2D eigenvalue weighted by Gasteiger charge is 1.93. The highest BCUT2D eigenvalue weighted by Crippen LogP contribution is 2.07. The van der Waals surface area contributed by atoms with Crippen molar-refractivity contribution in [2.75, 3.05) is 6.61 Å². The molecule has 0 saturated heterocycles. The second kappa shape index (κ2) is 9.16. The second-order valence-corrected chi connectivity index (χ2v) is 4.06. The van der Waals surface area contributed by atoms with Crippen molar-refractivity contribution >= 4 is 5.97 Å². The van der Waals surface area contributed by atoms with E-state index in [-0.39, 0.29) is 0 Å². The van der Waals surface area contributed by atoms with E-state index in [4.69, 9.17) is 0 Å². The minimum absolute atomic E-state index is 0.413. The Hall–Kier alpha value is -1.09. The van der Waals surface area contributed by atoms with Gasteiger partial charge in [0.2, 0.25) is 0 Å². The van der Waals surface area contributed by atoms with Crippen molar-refractivity contribution in [3.8, 4) is 0 Å². The molecule has 0 N–H and O–H groups in total. The van der Waals surface area contributed by atoms with E-state index >= 15 is 0 Å². The van der Waals surface area contributed by atoms with Gasteiger partial charge in [0.15, 0.2) is 0 Å². The Kier molecular flexibility index (Phi) is 8.53. The third-order valence-electron chi connectivity index (χ3n) is 1.96. The minimum Gasteiger partial charge on any atom is -0.299 e. The molecule has 16 heavy (non-hydrogen) atoms. The summed E-state index contributed by atoms with van der Waals surface area (Å²) >= 11 is 0. The van der Waals surface area contributed by atoms with Crippen LogP contribution in [0.5, 0.6) is 0 Å². The monoisotopic (exact) mass is 226 g/mol. The van der Waals surface area contributed by atoms with Gasteiger partial charge in [-0.1, -0.05) is 23.3 Å². The summed E-state index contributed by atoms with van der Waals surface area (Å²) in [6, 6.07) is 0. The van der Waals surface area contributed by atoms with E-state index in [1.165, 1.54) is 18.1 Å². The van der Waals surface area contributed by atoms with Crippen LogP contribution in [0.1, 0.15) is 47.0 Å². The van der Waals surface area contributed by atoms with Gasteiger partial charge in [0.1, 0.15) is 0 Å². The first-order chi connectivity index (χ1) is 7.52. The van der Waals surface area contributed by atoms with Crippen molar-refractivity contribution < 1.29 is 14.6 Å². The smallest absolute Gasteiger partial charge is 0.299 e. The number of carbonyl (C=O) groups excluding carboxylic acids is 1. The fourth-order valence-corrected chi connectivity index (χ4v) is 1.17. The topological polar surface area (TPSA) is 35.5 Å². The predicted molar refractivity (Wildman–Crippen MR) is 64.8 cm³/mol. The van der Waals surface area contributed by atoms with Crippen molar-refractivity contribution in [3.05, 3.63) is 23.3 Å². The second-order valence-electron chi connectivity index (χ2n) is 4.06. The zero-order valence-corrected chi connectivity index (χ0v) is 10.7. The number of allylic oxidation sites excluding steroid dienone is 3. The Bertz CT molecular complexity index is 260. The summed E-state index contributed by atoms with van der Waals surface area (Å²) in [5, 5.41) is 0. The van der Waals surface area contributed by atoms with Gasteiger partial charge < -0.3 is 0 Å². The Morgan fingerprint density at radius 2 is 1.75 bits per heavy atom. The van der Waals surface area contributed by atoms with E-state index in [1.54, 1.807) is 0 Å². The van der Waals surface area contributed by atoms with Gasteiger partial charge >= 0.3 is 5.97 Å². The van der Waals surface area contributed by atoms with Crippen LogP contribution in [0.4, 0.5) is 0 Å². The largest absolute Gasteiger partial charge is 0.339 e. The number of hydrogen-bond donors (Lipinski definition) is 0. The third kappa shape index (κ3) is 11.0. The summed E-state index contributed by atoms with van der Waals surface area (Å²) in [5.41, 5.74) is 2.69. The van der Waals surface area contributed by atoms with Gasteiger partial charge in [0.25, 0.3) is 0 Å². The average molecular weight is 226 g/mol. The van der Waals surface area contributed by atoms with Crippen molar-refractivity contribution in [3.63, 3.8) is 0 Å². The SMILES string of the molecule is CC(=O)OOCC/C=C(\C)CCC=C(C)C. The Labute approximate surface area is 98.1 Å². The van der Waals surface area contributed by atoms with Crippen molar-refractivity contribution in [2.45, 2.75) is 47.0 Å². The molecule has 92 valence electrons. The Morgan fingerprint density at radius 3 is 2.31 bits per heavy atom. The average Bonchev–Trinajstić information content (AvgIpc) is 2.16. The molecule has 3 nitrogen and oxygen atoms in total. The molecule has 0 aliphatic heterocycles. The van der Waals surface area contributed by atoms with Gasteiger partial charge in [0.05, 0.1) is 6.61 Å². The van der Waals surface area contributed by atoms with Crippen LogP contribution in [0.25, 0.3) is 0 Å². The van der Waals surface area contributed by atoms with Gasteiger partial charge in [-0.05, 0) is 40.0 Å². The molecular weight excluding hydrogens is 204 g/mol. The van der Waals surface area contributed by atoms with Crippen LogP contribution >= 0.6 is 0 Å². The zero-order valence-electron chi connectivity index (χ0n) is 10.7. The number of carbonyl (C=O) groups is 1. The summed E-state index contributed by atoms with van der Waals surface area (Å²) in [4.78, 5) is 19.4. The molecule has 0 spiro atoms. The highest BCUT2D eigenvalue weighted by molar-refractivity contribution is 5.65. The molecule has 0 bridgehead atoms. The molecule has 0 aromatic heterocycles. The standard InChI is InChI=1S/C13H22O3/c1-11(2)7-5-8-12(3)9-6-10-15-16-13(4)14/h7,9H,5-6,8,10H2,1-4H3/b12-9+. The van der Waals surface area contributed by atoms with Gasteiger partial charge in [-0.15, -0.1) is 0 Å². The predicted octanol–water partition coefficient (Wildman–Crippen LogP) is 3.56. The molecule has 0 amide bonds. The third-order valence-corrected chi connectivity index (χ3v) is 1.96. The first kappa shape index (κ1) is 14.9. The lowest BCUT2D eigenvalue weighted by Crippen LogP contribution is -2.00. The van der Waals surface area contributed by atoms with Gasteiger partial charge in [-0.25, -0.2) is 4.79 Å². The first-order valence-electron chi connectivity index (χ1n) is 5.61. The summed E-state index contributed by atoms with van der Waals surface area (Å²) in [5.74, 6) is -0.413. The van der Waals surface area contributed by atoms with Crippen LogP contribution in [0.2, 0.25) is 0 Å². The van der Waals surface area contributed by atoms with Gasteiger partial charge in [-0.3, -0.25) is 4.89 Å². The summed E-state index contributed by atoms with van der Waals surface area (Å²) in [7, 11) is 0. The molecule has 0 heterocycles. The molecule has 0 saturated carbocycles. The van der Waals surface area contributed by atoms with Gasteiger partial charge in [0, 0.05) is 6.92 Å². The molecule has 0 radical (unpaired) electrons. The fourth-order valence-electron chi connectivity index (χ4n) is 1.17. The molecule has 0 fully saturated rings. The normalized spacial score (nSPS) is 11.1. The molecular formula is C13H22O3. The maximum atomic E-state index is 10.4. The minimum atomic E-state index is -0.413. The number of hydrogen-bond acceptors (Lipinski definition) is 3. The van der Waals surface area contributed by atoms with E-state index in [0.717, 1.165) is 19.3 Å². The van der Waals surface area contributed by atoms with E-state index in [1.807, 2.05) is 0 Å². The zero-order chi connectivity index (χ0) is 12.4. The summed E-state index contributed by atoms with van der Waals surface area (Å²) in [6.45, 7) is 8.04. The summed E-state index contributed by atoms with van der Waals surface area (Å²) in [6.07, 6.45) is 7.26. The molecule has 0 aromatic carbocycles. The molecule has 0 atom stereocenters. The first-order valence-corrected chi connectivity index (χ1v) is 5.61. The van der Waals surface area contributed by atoms with Crippen molar-refractivity contribution in [1.29, 1.82) is 0 Å². The van der Waals surface area contributed by atoms with E-state index in [0.29, 0.717) is 6.61 Å². The molecule has 0 aromatic rings. The molecule has 0 aliphatic carbocycles. The van der Waals surface area contributed by atoms with Crippen molar-refractivity contribution in [1.82, 2.24) is 0 Å². The lowest BCUT2D eigenvalue weighted by molar-refractivity contribution is -0.269. The van der Waals surface area contributed by atoms with Crippen LogP contribution in [0.15, 0.2) is 23.3 Å². The quantitative estimate of drug-likeness (QED) is 0.288. The highest BCUT2D eigenvalue weighted by atomic mass is 17.2. The van der Waals surface area contributed by atoms with E-state index in [2.05, 4.69) is 42.7 Å². The molecule has 0 aliphatic rings. The maximum Gasteiger partial charge on any atom is 0.339 e. The van der Waals surface area contributed by atoms with Crippen molar-refractivity contribution in [2.24, 2.45) is 0 Å². The molecule has 0 unspecified atom stereocenters. The lowest BCUT2D eigenvalue weighted by Gasteiger charge is -2.00. The lowest BCUT2D eigenvalue weighted by atomic mass is 10.1. The molecule has 0 rings (SSSR count). The van der Waals surface area contributed by atoms with Crippen LogP contribution in [-0.2, 0) is 14.6 Å².